The van der Waals surface area contributed by atoms with Gasteiger partial charge in [0.1, 0.15) is 17.6 Å². The fraction of sp³-hybridized carbons (Fsp3) is 0.118. The number of rotatable bonds is 3. The molecule has 1 aliphatic heterocycles. The quantitative estimate of drug-likeness (QED) is 0.813. The summed E-state index contributed by atoms with van der Waals surface area (Å²) in [6, 6.07) is 11.4. The Balaban J connectivity index is 2.33. The van der Waals surface area contributed by atoms with Gasteiger partial charge in [0.2, 0.25) is 9.84 Å². The first-order valence-electron chi connectivity index (χ1n) is 7.11. The molecule has 0 unspecified atom stereocenters. The molecule has 0 aliphatic carbocycles. The fourth-order valence-corrected chi connectivity index (χ4v) is 4.11. The second-order valence-electron chi connectivity index (χ2n) is 5.10. The van der Waals surface area contributed by atoms with Crippen molar-refractivity contribution < 1.29 is 17.9 Å². The number of nitrogens with zero attached hydrogens (tertiary/aromatic N) is 2. The zero-order valence-corrected chi connectivity index (χ0v) is 14.9. The summed E-state index contributed by atoms with van der Waals surface area (Å²) >= 11 is 6.13. The number of allylic oxidation sites excluding steroid dienone is 1. The molecule has 6 nitrogen and oxygen atoms in total. The maximum absolute atomic E-state index is 12.5. The van der Waals surface area contributed by atoms with Gasteiger partial charge in [-0.05, 0) is 12.1 Å². The number of sulfone groups is 1. The minimum absolute atomic E-state index is 0.0463. The number of hydrogen-bond donors (Lipinski definition) is 0. The lowest BCUT2D eigenvalue weighted by molar-refractivity contribution is 0.404. The van der Waals surface area contributed by atoms with Crippen LogP contribution in [0.15, 0.2) is 52.4 Å². The van der Waals surface area contributed by atoms with E-state index in [0.29, 0.717) is 27.9 Å². The second kappa shape index (κ2) is 6.31. The first-order valence-corrected chi connectivity index (χ1v) is 8.97. The molecule has 0 aromatic heterocycles. The third-order valence-electron chi connectivity index (χ3n) is 3.77. The van der Waals surface area contributed by atoms with Crippen molar-refractivity contribution in [1.82, 2.24) is 0 Å². The highest BCUT2D eigenvalue weighted by molar-refractivity contribution is 7.95. The molecule has 0 atom stereocenters. The molecular formula is C17H13ClN2O4S. The summed E-state index contributed by atoms with van der Waals surface area (Å²) in [5, 5.41) is 9.64. The van der Waals surface area contributed by atoms with E-state index in [9.17, 15) is 13.7 Å². The largest absolute Gasteiger partial charge is 0.495 e. The van der Waals surface area contributed by atoms with E-state index in [4.69, 9.17) is 21.1 Å². The van der Waals surface area contributed by atoms with Crippen LogP contribution in [0, 0.1) is 11.3 Å². The minimum Gasteiger partial charge on any atom is -0.495 e. The first kappa shape index (κ1) is 17.1. The average Bonchev–Trinajstić information content (AvgIpc) is 2.62. The summed E-state index contributed by atoms with van der Waals surface area (Å²) in [7, 11) is -0.907. The second-order valence-corrected chi connectivity index (χ2v) is 7.40. The van der Waals surface area contributed by atoms with E-state index in [1.165, 1.54) is 26.5 Å². The molecule has 0 spiro atoms. The maximum atomic E-state index is 12.5. The van der Waals surface area contributed by atoms with Crippen LogP contribution in [0.1, 0.15) is 0 Å². The highest BCUT2D eigenvalue weighted by Gasteiger charge is 2.33. The van der Waals surface area contributed by atoms with Gasteiger partial charge in [-0.1, -0.05) is 23.7 Å². The Hall–Kier alpha value is -2.69. The first-order chi connectivity index (χ1) is 11.9. The Labute approximate surface area is 150 Å². The molecule has 0 saturated heterocycles. The lowest BCUT2D eigenvalue weighted by atomic mass is 10.2. The van der Waals surface area contributed by atoms with Crippen molar-refractivity contribution in [1.29, 1.82) is 5.26 Å². The van der Waals surface area contributed by atoms with Gasteiger partial charge in [0.25, 0.3) is 0 Å². The third-order valence-corrected chi connectivity index (χ3v) is 5.77. The van der Waals surface area contributed by atoms with Crippen molar-refractivity contribution in [2.75, 3.05) is 19.1 Å². The number of fused-ring (bicyclic) bond motifs is 1. The molecular weight excluding hydrogens is 364 g/mol. The van der Waals surface area contributed by atoms with Gasteiger partial charge in [-0.25, -0.2) is 8.42 Å². The van der Waals surface area contributed by atoms with Crippen LogP contribution >= 0.6 is 11.6 Å². The van der Waals surface area contributed by atoms with Crippen LogP contribution in [0.4, 0.5) is 11.4 Å². The Kier molecular flexibility index (Phi) is 4.33. The SMILES string of the molecule is COc1cc(N2C=C(C#N)S(=O)(=O)c3ccccc32)c(OC)cc1Cl. The van der Waals surface area contributed by atoms with Crippen molar-refractivity contribution in [2.45, 2.75) is 4.90 Å². The predicted molar refractivity (Wildman–Crippen MR) is 94.0 cm³/mol. The lowest BCUT2D eigenvalue weighted by Crippen LogP contribution is -2.21. The van der Waals surface area contributed by atoms with Gasteiger partial charge in [-0.15, -0.1) is 0 Å². The van der Waals surface area contributed by atoms with E-state index >= 15 is 0 Å². The molecule has 0 bridgehead atoms. The fourth-order valence-electron chi connectivity index (χ4n) is 2.58. The number of nitriles is 1. The lowest BCUT2D eigenvalue weighted by Gasteiger charge is -2.29. The van der Waals surface area contributed by atoms with Gasteiger partial charge >= 0.3 is 0 Å². The van der Waals surface area contributed by atoms with E-state index in [1.807, 2.05) is 0 Å². The predicted octanol–water partition coefficient (Wildman–Crippen LogP) is 3.65. The molecule has 0 saturated carbocycles. The summed E-state index contributed by atoms with van der Waals surface area (Å²) in [5.41, 5.74) is 0.906. The van der Waals surface area contributed by atoms with E-state index in [-0.39, 0.29) is 9.80 Å². The molecule has 3 rings (SSSR count). The van der Waals surface area contributed by atoms with Gasteiger partial charge in [0, 0.05) is 18.3 Å². The number of para-hydroxylation sites is 1. The monoisotopic (exact) mass is 376 g/mol. The van der Waals surface area contributed by atoms with Crippen molar-refractivity contribution in [3.05, 3.63) is 52.5 Å². The Morgan fingerprint density at radius 1 is 1.08 bits per heavy atom. The third kappa shape index (κ3) is 2.69. The normalized spacial score (nSPS) is 15.0. The van der Waals surface area contributed by atoms with E-state index < -0.39 is 9.84 Å². The van der Waals surface area contributed by atoms with Crippen LogP contribution in [0.5, 0.6) is 11.5 Å². The molecule has 25 heavy (non-hydrogen) atoms. The van der Waals surface area contributed by atoms with Crippen LogP contribution in [0.3, 0.4) is 0 Å². The Morgan fingerprint density at radius 3 is 2.40 bits per heavy atom. The van der Waals surface area contributed by atoms with Crippen molar-refractivity contribution in [2.24, 2.45) is 0 Å². The standard InChI is InChI=1S/C17H13ClN2O4S/c1-23-15-8-14(16(24-2)7-12(15)18)20-10-11(9-19)25(21,22)17-6-4-3-5-13(17)20/h3-8,10H,1-2H3. The van der Waals surface area contributed by atoms with E-state index in [1.54, 1.807) is 41.3 Å². The van der Waals surface area contributed by atoms with Crippen LogP contribution in [0.2, 0.25) is 5.02 Å². The van der Waals surface area contributed by atoms with E-state index in [0.717, 1.165) is 0 Å². The maximum Gasteiger partial charge on any atom is 0.220 e. The van der Waals surface area contributed by atoms with Gasteiger partial charge in [0.15, 0.2) is 4.91 Å². The topological polar surface area (TPSA) is 79.6 Å². The number of hydrogen-bond acceptors (Lipinski definition) is 6. The molecule has 0 radical (unpaired) electrons. The molecule has 0 amide bonds. The highest BCUT2D eigenvalue weighted by Crippen LogP contribution is 2.45. The molecule has 0 N–H and O–H groups in total. The van der Waals surface area contributed by atoms with Crippen molar-refractivity contribution in [3.8, 4) is 17.6 Å². The molecule has 1 aliphatic rings. The highest BCUT2D eigenvalue weighted by atomic mass is 35.5. The van der Waals surface area contributed by atoms with Crippen LogP contribution < -0.4 is 14.4 Å². The molecule has 2 aromatic carbocycles. The number of ether oxygens (including phenoxy) is 2. The minimum atomic E-state index is -3.86. The van der Waals surface area contributed by atoms with Crippen molar-refractivity contribution >= 4 is 32.8 Å². The summed E-state index contributed by atoms with van der Waals surface area (Å²) in [6.07, 6.45) is 1.27. The van der Waals surface area contributed by atoms with Gasteiger partial charge in [0.05, 0.1) is 35.5 Å². The van der Waals surface area contributed by atoms with Gasteiger partial charge < -0.3 is 14.4 Å². The summed E-state index contributed by atoms with van der Waals surface area (Å²) < 4.78 is 35.7. The molecule has 1 heterocycles. The zero-order valence-electron chi connectivity index (χ0n) is 13.4. The zero-order chi connectivity index (χ0) is 18.2. The molecule has 2 aromatic rings. The summed E-state index contributed by atoms with van der Waals surface area (Å²) in [4.78, 5) is 1.26. The molecule has 8 heteroatoms. The Bertz CT molecular complexity index is 1030. The number of benzene rings is 2. The van der Waals surface area contributed by atoms with Crippen LogP contribution in [0.25, 0.3) is 0 Å². The smallest absolute Gasteiger partial charge is 0.220 e. The number of anilines is 2. The number of methoxy groups -OCH3 is 2. The molecule has 128 valence electrons. The van der Waals surface area contributed by atoms with E-state index in [2.05, 4.69) is 0 Å². The average molecular weight is 377 g/mol. The summed E-state index contributed by atoms with van der Waals surface area (Å²) in [6.45, 7) is 0. The van der Waals surface area contributed by atoms with Gasteiger partial charge in [-0.2, -0.15) is 5.26 Å². The van der Waals surface area contributed by atoms with Crippen molar-refractivity contribution in [3.63, 3.8) is 0 Å². The molecule has 0 fully saturated rings. The summed E-state index contributed by atoms with van der Waals surface area (Å²) in [5.74, 6) is 0.809. The van der Waals surface area contributed by atoms with Crippen LogP contribution in [-0.4, -0.2) is 22.6 Å². The Morgan fingerprint density at radius 2 is 1.76 bits per heavy atom. The van der Waals surface area contributed by atoms with Crippen LogP contribution in [-0.2, 0) is 9.84 Å². The van der Waals surface area contributed by atoms with Gasteiger partial charge in [-0.3, -0.25) is 0 Å². The number of halogens is 1.